The molecule has 0 unspecified atom stereocenters. The molecule has 3 amide bonds. The molecular weight excluding hydrogens is 436 g/mol. The molecule has 2 aromatic carbocycles. The van der Waals surface area contributed by atoms with Gasteiger partial charge in [-0.3, -0.25) is 29.4 Å². The number of nitro groups is 1. The van der Waals surface area contributed by atoms with Crippen LogP contribution in [0.3, 0.4) is 0 Å². The fraction of sp³-hybridized carbons (Fsp3) is 0.318. The summed E-state index contributed by atoms with van der Waals surface area (Å²) in [6.45, 7) is 0.617. The molecule has 162 valence electrons. The molecule has 6 rings (SSSR count). The summed E-state index contributed by atoms with van der Waals surface area (Å²) in [5.74, 6) is -2.85. The van der Waals surface area contributed by atoms with Gasteiger partial charge in [-0.25, -0.2) is 4.90 Å². The lowest BCUT2D eigenvalue weighted by Crippen LogP contribution is -2.54. The van der Waals surface area contributed by atoms with Crippen LogP contribution in [-0.2, 0) is 19.9 Å². The highest BCUT2D eigenvalue weighted by Crippen LogP contribution is 2.60. The number of para-hydroxylation sites is 1. The normalized spacial score (nSPS) is 30.6. The number of amides is 3. The van der Waals surface area contributed by atoms with Gasteiger partial charge in [0.2, 0.25) is 17.7 Å². The van der Waals surface area contributed by atoms with Crippen molar-refractivity contribution >= 4 is 46.4 Å². The fourth-order valence-electron chi connectivity index (χ4n) is 6.19. The molecule has 0 radical (unpaired) electrons. The van der Waals surface area contributed by atoms with E-state index in [-0.39, 0.29) is 28.3 Å². The summed E-state index contributed by atoms with van der Waals surface area (Å²) in [4.78, 5) is 54.6. The lowest BCUT2D eigenvalue weighted by atomic mass is 9.75. The second kappa shape index (κ2) is 6.36. The highest BCUT2D eigenvalue weighted by Gasteiger charge is 2.74. The van der Waals surface area contributed by atoms with E-state index in [1.807, 2.05) is 23.1 Å². The molecule has 3 fully saturated rings. The second-order valence-corrected chi connectivity index (χ2v) is 8.98. The third-order valence-corrected chi connectivity index (χ3v) is 7.60. The van der Waals surface area contributed by atoms with E-state index in [2.05, 4.69) is 5.32 Å². The summed E-state index contributed by atoms with van der Waals surface area (Å²) in [6.07, 6.45) is 1.52. The zero-order valence-corrected chi connectivity index (χ0v) is 17.4. The average Bonchev–Trinajstić information content (AvgIpc) is 3.47. The highest BCUT2D eigenvalue weighted by atomic mass is 35.5. The maximum atomic E-state index is 13.8. The van der Waals surface area contributed by atoms with E-state index in [4.69, 9.17) is 11.6 Å². The fourth-order valence-corrected chi connectivity index (χ4v) is 6.38. The van der Waals surface area contributed by atoms with E-state index in [9.17, 15) is 24.5 Å². The van der Waals surface area contributed by atoms with E-state index < -0.39 is 34.1 Å². The van der Waals surface area contributed by atoms with Gasteiger partial charge in [0.25, 0.3) is 5.69 Å². The molecule has 9 nitrogen and oxygen atoms in total. The topological polar surface area (TPSA) is 113 Å². The van der Waals surface area contributed by atoms with Crippen molar-refractivity contribution < 1.29 is 19.3 Å². The van der Waals surface area contributed by atoms with Crippen LogP contribution in [0.1, 0.15) is 18.4 Å². The second-order valence-electron chi connectivity index (χ2n) is 8.58. The Bertz CT molecular complexity index is 1250. The Hall–Kier alpha value is -3.30. The molecule has 2 aromatic rings. The number of carbonyl (C=O) groups excluding carboxylic acids is 3. The van der Waals surface area contributed by atoms with Crippen molar-refractivity contribution in [2.24, 2.45) is 11.8 Å². The maximum Gasteiger partial charge on any atom is 0.289 e. The first kappa shape index (κ1) is 19.4. The Morgan fingerprint density at radius 2 is 1.91 bits per heavy atom. The van der Waals surface area contributed by atoms with Crippen LogP contribution in [0, 0.1) is 22.0 Å². The molecular formula is C22H17ClN4O5. The van der Waals surface area contributed by atoms with Crippen molar-refractivity contribution in [1.29, 1.82) is 0 Å². The predicted octanol–water partition coefficient (Wildman–Crippen LogP) is 2.68. The van der Waals surface area contributed by atoms with Gasteiger partial charge in [0.05, 0.1) is 22.4 Å². The number of fused-ring (bicyclic) bond motifs is 7. The third-order valence-electron chi connectivity index (χ3n) is 7.28. The Kier molecular flexibility index (Phi) is 3.86. The van der Waals surface area contributed by atoms with Crippen LogP contribution in [0.25, 0.3) is 0 Å². The number of nitrogens with zero attached hydrogens (tertiary/aromatic N) is 3. The largest absolute Gasteiger partial charge is 0.324 e. The van der Waals surface area contributed by atoms with Crippen LogP contribution in [0.4, 0.5) is 17.1 Å². The minimum absolute atomic E-state index is 0.0828. The predicted molar refractivity (Wildman–Crippen MR) is 114 cm³/mol. The number of carbonyl (C=O) groups is 3. The zero-order valence-electron chi connectivity index (χ0n) is 16.7. The van der Waals surface area contributed by atoms with Gasteiger partial charge >= 0.3 is 0 Å². The lowest BCUT2D eigenvalue weighted by molar-refractivity contribution is -0.384. The number of rotatable bonds is 2. The number of anilines is 2. The van der Waals surface area contributed by atoms with E-state index >= 15 is 0 Å². The Labute approximate surface area is 187 Å². The quantitative estimate of drug-likeness (QED) is 0.426. The average molecular weight is 453 g/mol. The number of nitrogens with one attached hydrogen (secondary N) is 1. The number of benzene rings is 2. The summed E-state index contributed by atoms with van der Waals surface area (Å²) >= 11 is 5.92. The van der Waals surface area contributed by atoms with Gasteiger partial charge in [-0.2, -0.15) is 0 Å². The monoisotopic (exact) mass is 452 g/mol. The summed E-state index contributed by atoms with van der Waals surface area (Å²) < 4.78 is 0. The Morgan fingerprint density at radius 1 is 1.12 bits per heavy atom. The Morgan fingerprint density at radius 3 is 2.69 bits per heavy atom. The molecule has 4 aliphatic rings. The van der Waals surface area contributed by atoms with Crippen LogP contribution in [0.15, 0.2) is 42.5 Å². The van der Waals surface area contributed by atoms with Crippen molar-refractivity contribution in [3.05, 3.63) is 63.2 Å². The number of hydrogen-bond donors (Lipinski definition) is 1. The van der Waals surface area contributed by atoms with E-state index in [0.29, 0.717) is 24.2 Å². The zero-order chi connectivity index (χ0) is 22.4. The Balaban J connectivity index is 1.53. The number of hydrogen-bond acceptors (Lipinski definition) is 6. The molecule has 1 spiro atoms. The van der Waals surface area contributed by atoms with Crippen LogP contribution >= 0.6 is 11.6 Å². The summed E-state index contributed by atoms with van der Waals surface area (Å²) in [5, 5.41) is 14.2. The number of imide groups is 1. The lowest BCUT2D eigenvalue weighted by Gasteiger charge is -2.36. The standard InChI is InChI=1S/C22H17ClN4O5/c23-13-8-7-11(10-16(13)27(31)32)26-19(28)17-15-6-3-9-25(15)22(18(17)20(26)29)12-4-1-2-5-14(12)24-21(22)30/h1-2,4-5,7-8,10,15,17-18H,3,6,9H2,(H,24,30)/t15-,17+,18+,22-/m0/s1. The molecule has 0 aromatic heterocycles. The first-order valence-corrected chi connectivity index (χ1v) is 10.7. The molecule has 4 aliphatic heterocycles. The van der Waals surface area contributed by atoms with Crippen LogP contribution in [0.5, 0.6) is 0 Å². The summed E-state index contributed by atoms with van der Waals surface area (Å²) in [5.41, 5.74) is -0.207. The molecule has 3 saturated heterocycles. The molecule has 1 N–H and O–H groups in total. The van der Waals surface area contributed by atoms with Gasteiger partial charge in [-0.15, -0.1) is 0 Å². The van der Waals surface area contributed by atoms with Crippen molar-refractivity contribution in [1.82, 2.24) is 4.90 Å². The first-order valence-electron chi connectivity index (χ1n) is 10.4. The molecule has 4 heterocycles. The van der Waals surface area contributed by atoms with Crippen LogP contribution in [-0.4, -0.2) is 40.1 Å². The third kappa shape index (κ3) is 2.14. The van der Waals surface area contributed by atoms with Crippen molar-refractivity contribution in [3.63, 3.8) is 0 Å². The van der Waals surface area contributed by atoms with Gasteiger partial charge in [-0.1, -0.05) is 29.8 Å². The van der Waals surface area contributed by atoms with E-state index in [0.717, 1.165) is 17.4 Å². The van der Waals surface area contributed by atoms with Crippen molar-refractivity contribution in [3.8, 4) is 0 Å². The smallest absolute Gasteiger partial charge is 0.289 e. The molecule has 0 aliphatic carbocycles. The van der Waals surface area contributed by atoms with E-state index in [1.165, 1.54) is 12.1 Å². The molecule has 10 heteroatoms. The first-order chi connectivity index (χ1) is 15.4. The van der Waals surface area contributed by atoms with Gasteiger partial charge in [-0.05, 0) is 37.6 Å². The van der Waals surface area contributed by atoms with Crippen LogP contribution in [0.2, 0.25) is 5.02 Å². The van der Waals surface area contributed by atoms with Crippen molar-refractivity contribution in [2.45, 2.75) is 24.4 Å². The highest BCUT2D eigenvalue weighted by molar-refractivity contribution is 6.33. The van der Waals surface area contributed by atoms with Gasteiger partial charge in [0.1, 0.15) is 10.6 Å². The van der Waals surface area contributed by atoms with Gasteiger partial charge in [0.15, 0.2) is 0 Å². The minimum Gasteiger partial charge on any atom is -0.324 e. The molecule has 4 atom stereocenters. The SMILES string of the molecule is O=C1[C@@H]2[C@@H]3CCCN3[C@]3(C(=O)Nc4ccccc43)[C@H]2C(=O)N1c1ccc(Cl)c([N+](=O)[O-])c1. The maximum absolute atomic E-state index is 13.8. The molecule has 0 bridgehead atoms. The summed E-state index contributed by atoms with van der Waals surface area (Å²) in [6, 6.07) is 10.9. The number of nitro benzene ring substituents is 1. The molecule has 32 heavy (non-hydrogen) atoms. The van der Waals surface area contributed by atoms with Gasteiger partial charge in [0, 0.05) is 23.4 Å². The molecule has 0 saturated carbocycles. The van der Waals surface area contributed by atoms with Crippen LogP contribution < -0.4 is 10.2 Å². The minimum atomic E-state index is -1.26. The van der Waals surface area contributed by atoms with Gasteiger partial charge < -0.3 is 5.32 Å². The van der Waals surface area contributed by atoms with Crippen molar-refractivity contribution in [2.75, 3.05) is 16.8 Å². The van der Waals surface area contributed by atoms with E-state index in [1.54, 1.807) is 6.07 Å². The number of halogens is 1. The summed E-state index contributed by atoms with van der Waals surface area (Å²) in [7, 11) is 0.